The third kappa shape index (κ3) is 3.19. The van der Waals surface area contributed by atoms with Gasteiger partial charge in [0, 0.05) is 45.2 Å². The number of carbonyl (C=O) groups excluding carboxylic acids is 1. The van der Waals surface area contributed by atoms with Gasteiger partial charge in [0.2, 0.25) is 0 Å². The van der Waals surface area contributed by atoms with Crippen molar-refractivity contribution in [2.45, 2.75) is 32.3 Å². The molecule has 20 heavy (non-hydrogen) atoms. The second kappa shape index (κ2) is 5.94. The molecule has 1 saturated heterocycles. The SMILES string of the molecule is Cc1cccc(C(=O)N(C)CC2(O)CCOCC2)c1C. The summed E-state index contributed by atoms with van der Waals surface area (Å²) in [4.78, 5) is 14.1. The van der Waals surface area contributed by atoms with Gasteiger partial charge < -0.3 is 14.7 Å². The molecular weight excluding hydrogens is 254 g/mol. The van der Waals surface area contributed by atoms with E-state index in [4.69, 9.17) is 4.74 Å². The number of rotatable bonds is 3. The summed E-state index contributed by atoms with van der Waals surface area (Å²) in [5, 5.41) is 10.5. The number of likely N-dealkylation sites (N-methyl/N-ethyl adjacent to an activating group) is 1. The summed E-state index contributed by atoms with van der Waals surface area (Å²) in [6.07, 6.45) is 1.16. The minimum atomic E-state index is -0.819. The zero-order valence-corrected chi connectivity index (χ0v) is 12.5. The maximum absolute atomic E-state index is 12.5. The molecule has 0 aliphatic carbocycles. The van der Waals surface area contributed by atoms with E-state index < -0.39 is 5.60 Å². The fourth-order valence-electron chi connectivity index (χ4n) is 2.61. The molecule has 1 aromatic carbocycles. The quantitative estimate of drug-likeness (QED) is 0.918. The highest BCUT2D eigenvalue weighted by molar-refractivity contribution is 5.95. The van der Waals surface area contributed by atoms with Gasteiger partial charge >= 0.3 is 0 Å². The number of ether oxygens (including phenoxy) is 1. The first-order valence-electron chi connectivity index (χ1n) is 7.05. The zero-order chi connectivity index (χ0) is 14.8. The van der Waals surface area contributed by atoms with Gasteiger partial charge in [-0.2, -0.15) is 0 Å². The Labute approximate surface area is 120 Å². The predicted octanol–water partition coefficient (Wildman–Crippen LogP) is 1.92. The van der Waals surface area contributed by atoms with Crippen molar-refractivity contribution in [1.82, 2.24) is 4.90 Å². The van der Waals surface area contributed by atoms with E-state index in [1.165, 1.54) is 0 Å². The Morgan fingerprint density at radius 2 is 2.00 bits per heavy atom. The summed E-state index contributed by atoms with van der Waals surface area (Å²) in [6, 6.07) is 5.74. The van der Waals surface area contributed by atoms with Crippen LogP contribution in [-0.2, 0) is 4.74 Å². The van der Waals surface area contributed by atoms with E-state index >= 15 is 0 Å². The Balaban J connectivity index is 2.10. The molecule has 1 N–H and O–H groups in total. The fourth-order valence-corrected chi connectivity index (χ4v) is 2.61. The van der Waals surface area contributed by atoms with Crippen LogP contribution in [0.25, 0.3) is 0 Å². The van der Waals surface area contributed by atoms with Crippen LogP contribution in [0.5, 0.6) is 0 Å². The summed E-state index contributed by atoms with van der Waals surface area (Å²) >= 11 is 0. The normalized spacial score (nSPS) is 17.8. The molecule has 1 aliphatic heterocycles. The average molecular weight is 277 g/mol. The van der Waals surface area contributed by atoms with Crippen LogP contribution in [0.1, 0.15) is 34.3 Å². The zero-order valence-electron chi connectivity index (χ0n) is 12.5. The van der Waals surface area contributed by atoms with Crippen LogP contribution >= 0.6 is 0 Å². The molecule has 0 bridgehead atoms. The molecule has 0 unspecified atom stereocenters. The number of nitrogens with zero attached hydrogens (tertiary/aromatic N) is 1. The molecule has 1 aliphatic rings. The van der Waals surface area contributed by atoms with Crippen molar-refractivity contribution in [1.29, 1.82) is 0 Å². The van der Waals surface area contributed by atoms with E-state index in [-0.39, 0.29) is 5.91 Å². The highest BCUT2D eigenvalue weighted by Crippen LogP contribution is 2.22. The van der Waals surface area contributed by atoms with E-state index in [0.717, 1.165) is 11.1 Å². The first kappa shape index (κ1) is 15.0. The van der Waals surface area contributed by atoms with Gasteiger partial charge in [-0.3, -0.25) is 4.79 Å². The van der Waals surface area contributed by atoms with E-state index in [1.807, 2.05) is 32.0 Å². The topological polar surface area (TPSA) is 49.8 Å². The summed E-state index contributed by atoms with van der Waals surface area (Å²) in [6.45, 7) is 5.42. The minimum absolute atomic E-state index is 0.0360. The first-order valence-corrected chi connectivity index (χ1v) is 7.05. The van der Waals surface area contributed by atoms with Crippen molar-refractivity contribution < 1.29 is 14.6 Å². The van der Waals surface area contributed by atoms with Gasteiger partial charge in [-0.15, -0.1) is 0 Å². The highest BCUT2D eigenvalue weighted by Gasteiger charge is 2.32. The van der Waals surface area contributed by atoms with Crippen molar-refractivity contribution in [3.8, 4) is 0 Å². The maximum Gasteiger partial charge on any atom is 0.253 e. The van der Waals surface area contributed by atoms with Gasteiger partial charge in [0.1, 0.15) is 0 Å². The van der Waals surface area contributed by atoms with E-state index in [9.17, 15) is 9.90 Å². The van der Waals surface area contributed by atoms with Crippen LogP contribution in [-0.4, -0.2) is 48.3 Å². The molecule has 0 spiro atoms. The second-order valence-corrected chi connectivity index (χ2v) is 5.75. The van der Waals surface area contributed by atoms with Gasteiger partial charge in [0.15, 0.2) is 0 Å². The monoisotopic (exact) mass is 277 g/mol. The predicted molar refractivity (Wildman–Crippen MR) is 77.9 cm³/mol. The molecule has 1 fully saturated rings. The molecule has 1 amide bonds. The van der Waals surface area contributed by atoms with Gasteiger partial charge in [0.05, 0.1) is 5.60 Å². The third-order valence-corrected chi connectivity index (χ3v) is 4.14. The summed E-state index contributed by atoms with van der Waals surface area (Å²) in [7, 11) is 1.75. The van der Waals surface area contributed by atoms with Gasteiger partial charge in [-0.25, -0.2) is 0 Å². The van der Waals surface area contributed by atoms with Gasteiger partial charge in [-0.1, -0.05) is 12.1 Å². The van der Waals surface area contributed by atoms with Gasteiger partial charge in [-0.05, 0) is 31.0 Å². The number of amides is 1. The number of aliphatic hydroxyl groups is 1. The lowest BCUT2D eigenvalue weighted by molar-refractivity contribution is -0.0734. The van der Waals surface area contributed by atoms with Crippen molar-refractivity contribution in [2.75, 3.05) is 26.8 Å². The van der Waals surface area contributed by atoms with Crippen LogP contribution in [0, 0.1) is 13.8 Å². The molecule has 1 aromatic rings. The van der Waals surface area contributed by atoms with Crippen molar-refractivity contribution in [3.63, 3.8) is 0 Å². The summed E-state index contributed by atoms with van der Waals surface area (Å²) in [5.41, 5.74) is 2.00. The van der Waals surface area contributed by atoms with E-state index in [0.29, 0.717) is 38.2 Å². The standard InChI is InChI=1S/C16H23NO3/c1-12-5-4-6-14(13(12)2)15(18)17(3)11-16(19)7-9-20-10-8-16/h4-6,19H,7-11H2,1-3H3. The van der Waals surface area contributed by atoms with E-state index in [1.54, 1.807) is 11.9 Å². The lowest BCUT2D eigenvalue weighted by Gasteiger charge is -2.35. The van der Waals surface area contributed by atoms with Crippen LogP contribution in [0.2, 0.25) is 0 Å². The van der Waals surface area contributed by atoms with Gasteiger partial charge in [0.25, 0.3) is 5.91 Å². The lowest BCUT2D eigenvalue weighted by Crippen LogP contribution is -2.47. The van der Waals surface area contributed by atoms with Crippen molar-refractivity contribution in [2.24, 2.45) is 0 Å². The summed E-state index contributed by atoms with van der Waals surface area (Å²) < 4.78 is 5.26. The molecule has 0 saturated carbocycles. The Kier molecular flexibility index (Phi) is 4.45. The summed E-state index contributed by atoms with van der Waals surface area (Å²) in [5.74, 6) is -0.0360. The number of hydrogen-bond donors (Lipinski definition) is 1. The van der Waals surface area contributed by atoms with E-state index in [2.05, 4.69) is 0 Å². The molecule has 4 nitrogen and oxygen atoms in total. The highest BCUT2D eigenvalue weighted by atomic mass is 16.5. The molecule has 110 valence electrons. The molecule has 0 aromatic heterocycles. The fraction of sp³-hybridized carbons (Fsp3) is 0.562. The number of hydrogen-bond acceptors (Lipinski definition) is 3. The minimum Gasteiger partial charge on any atom is -0.388 e. The molecule has 2 rings (SSSR count). The smallest absolute Gasteiger partial charge is 0.253 e. The van der Waals surface area contributed by atoms with Crippen molar-refractivity contribution >= 4 is 5.91 Å². The second-order valence-electron chi connectivity index (χ2n) is 5.75. The molecule has 4 heteroatoms. The lowest BCUT2D eigenvalue weighted by atomic mass is 9.93. The number of aryl methyl sites for hydroxylation is 1. The molecule has 1 heterocycles. The first-order chi connectivity index (χ1) is 9.43. The molecular formula is C16H23NO3. The molecule has 0 radical (unpaired) electrons. The third-order valence-electron chi connectivity index (χ3n) is 4.14. The van der Waals surface area contributed by atoms with Crippen LogP contribution < -0.4 is 0 Å². The molecule has 0 atom stereocenters. The number of benzene rings is 1. The van der Waals surface area contributed by atoms with Crippen LogP contribution in [0.3, 0.4) is 0 Å². The van der Waals surface area contributed by atoms with Crippen LogP contribution in [0.4, 0.5) is 0 Å². The van der Waals surface area contributed by atoms with Crippen molar-refractivity contribution in [3.05, 3.63) is 34.9 Å². The Morgan fingerprint density at radius 3 is 2.65 bits per heavy atom. The number of carbonyl (C=O) groups is 1. The average Bonchev–Trinajstić information content (AvgIpc) is 2.41. The Bertz CT molecular complexity index is 492. The maximum atomic E-state index is 12.5. The largest absolute Gasteiger partial charge is 0.388 e. The Hall–Kier alpha value is -1.39. The van der Waals surface area contributed by atoms with Crippen LogP contribution in [0.15, 0.2) is 18.2 Å². The Morgan fingerprint density at radius 1 is 1.35 bits per heavy atom.